The smallest absolute Gasteiger partial charge is 0.330 e. The van der Waals surface area contributed by atoms with Crippen LogP contribution in [0, 0.1) is 11.2 Å². The molecular weight excluding hydrogens is 509 g/mol. The molecule has 0 radical (unpaired) electrons. The Kier molecular flexibility index (Phi) is 6.50. The van der Waals surface area contributed by atoms with Crippen LogP contribution in [0.5, 0.6) is 0 Å². The van der Waals surface area contributed by atoms with Crippen molar-refractivity contribution in [2.75, 3.05) is 18.8 Å². The number of hydroxylamine groups is 2. The number of fused-ring (bicyclic) bond motifs is 2. The summed E-state index contributed by atoms with van der Waals surface area (Å²) in [4.78, 5) is 30.1. The fraction of sp³-hybridized carbons (Fsp3) is 0.333. The molecular formula is C30H32FN7O2. The van der Waals surface area contributed by atoms with Crippen molar-refractivity contribution in [3.63, 3.8) is 0 Å². The van der Waals surface area contributed by atoms with Crippen LogP contribution in [0.3, 0.4) is 0 Å². The van der Waals surface area contributed by atoms with Gasteiger partial charge in [0.25, 0.3) is 0 Å². The molecule has 1 aliphatic rings. The van der Waals surface area contributed by atoms with Gasteiger partial charge in [0.15, 0.2) is 5.65 Å². The average Bonchev–Trinajstić information content (AvgIpc) is 3.51. The molecule has 0 atom stereocenters. The standard InChI is InChI=1S/C30H32FN7O2/c1-30(2,3)29(39)40-37-12-10-22(11-13-37)38-28-25(27(32)33-17-34-28)26(36-38)19-8-9-24-20(14-19)16-21(35-24)15-18-6-4-5-7-23(18)31/h4-9,14,16-17,22,35H,10-13,15H2,1-3H3,(H2,32,33,34). The fourth-order valence-corrected chi connectivity index (χ4v) is 5.17. The molecule has 2 aromatic carbocycles. The molecule has 0 aliphatic carbocycles. The van der Waals surface area contributed by atoms with Crippen LogP contribution in [0.2, 0.25) is 0 Å². The van der Waals surface area contributed by atoms with E-state index in [4.69, 9.17) is 15.7 Å². The second kappa shape index (κ2) is 10.0. The van der Waals surface area contributed by atoms with Crippen molar-refractivity contribution in [1.82, 2.24) is 29.8 Å². The van der Waals surface area contributed by atoms with E-state index in [1.54, 1.807) is 17.2 Å². The average molecular weight is 542 g/mol. The largest absolute Gasteiger partial charge is 0.383 e. The van der Waals surface area contributed by atoms with Crippen LogP contribution >= 0.6 is 0 Å². The van der Waals surface area contributed by atoms with Gasteiger partial charge in [-0.2, -0.15) is 5.10 Å². The number of halogens is 1. The van der Waals surface area contributed by atoms with E-state index in [1.807, 2.05) is 49.7 Å². The zero-order chi connectivity index (χ0) is 28.0. The molecule has 5 aromatic rings. The highest BCUT2D eigenvalue weighted by atomic mass is 19.1. The molecule has 1 fully saturated rings. The summed E-state index contributed by atoms with van der Waals surface area (Å²) in [7, 11) is 0. The van der Waals surface area contributed by atoms with Gasteiger partial charge in [-0.25, -0.2) is 23.8 Å². The Hall–Kier alpha value is -4.31. The molecule has 10 heteroatoms. The zero-order valence-electron chi connectivity index (χ0n) is 22.8. The number of H-pyrrole nitrogens is 1. The minimum Gasteiger partial charge on any atom is -0.383 e. The van der Waals surface area contributed by atoms with E-state index >= 15 is 0 Å². The van der Waals surface area contributed by atoms with Crippen LogP contribution in [-0.4, -0.2) is 48.9 Å². The Labute approximate surface area is 231 Å². The van der Waals surface area contributed by atoms with E-state index in [1.165, 1.54) is 12.4 Å². The van der Waals surface area contributed by atoms with E-state index in [0.717, 1.165) is 35.0 Å². The van der Waals surface area contributed by atoms with Gasteiger partial charge in [0.05, 0.1) is 16.8 Å². The number of nitrogen functional groups attached to an aromatic ring is 1. The molecule has 3 N–H and O–H groups in total. The van der Waals surface area contributed by atoms with Crippen LogP contribution in [-0.2, 0) is 16.1 Å². The Balaban J connectivity index is 1.29. The number of nitrogens with one attached hydrogen (secondary N) is 1. The Morgan fingerprint density at radius 2 is 1.90 bits per heavy atom. The number of nitrogens with two attached hydrogens (primary N) is 1. The third-order valence-corrected chi connectivity index (χ3v) is 7.40. The normalized spacial score (nSPS) is 15.2. The van der Waals surface area contributed by atoms with E-state index < -0.39 is 5.41 Å². The first kappa shape index (κ1) is 25.9. The molecule has 3 aromatic heterocycles. The van der Waals surface area contributed by atoms with Crippen LogP contribution in [0.4, 0.5) is 10.2 Å². The summed E-state index contributed by atoms with van der Waals surface area (Å²) < 4.78 is 16.2. The molecule has 1 aliphatic heterocycles. The molecule has 0 amide bonds. The van der Waals surface area contributed by atoms with E-state index in [9.17, 15) is 9.18 Å². The predicted molar refractivity (Wildman–Crippen MR) is 152 cm³/mol. The monoisotopic (exact) mass is 541 g/mol. The highest BCUT2D eigenvalue weighted by Crippen LogP contribution is 2.35. The number of piperidine rings is 1. The molecule has 0 saturated carbocycles. The predicted octanol–water partition coefficient (Wildman–Crippen LogP) is 5.43. The summed E-state index contributed by atoms with van der Waals surface area (Å²) >= 11 is 0. The Bertz CT molecular complexity index is 1710. The Morgan fingerprint density at radius 1 is 1.12 bits per heavy atom. The first-order chi connectivity index (χ1) is 19.2. The van der Waals surface area contributed by atoms with Crippen LogP contribution in [0.1, 0.15) is 50.9 Å². The summed E-state index contributed by atoms with van der Waals surface area (Å²) in [6.45, 7) is 6.74. The number of carbonyl (C=O) groups excluding carboxylic acids is 1. The number of anilines is 1. The van der Waals surface area contributed by atoms with Crippen molar-refractivity contribution in [3.05, 3.63) is 71.9 Å². The van der Waals surface area contributed by atoms with Gasteiger partial charge in [-0.3, -0.25) is 0 Å². The minimum atomic E-state index is -0.558. The van der Waals surface area contributed by atoms with Gasteiger partial charge in [-0.1, -0.05) is 24.3 Å². The summed E-state index contributed by atoms with van der Waals surface area (Å²) in [6.07, 6.45) is 3.42. The molecule has 1 saturated heterocycles. The lowest BCUT2D eigenvalue weighted by Crippen LogP contribution is -2.39. The molecule has 9 nitrogen and oxygen atoms in total. The van der Waals surface area contributed by atoms with Crippen LogP contribution < -0.4 is 5.73 Å². The Morgan fingerprint density at radius 3 is 2.65 bits per heavy atom. The number of nitrogens with zero attached hydrogens (tertiary/aromatic N) is 5. The van der Waals surface area contributed by atoms with Crippen molar-refractivity contribution < 1.29 is 14.0 Å². The molecule has 6 rings (SSSR count). The third kappa shape index (κ3) is 4.90. The lowest BCUT2D eigenvalue weighted by molar-refractivity contribution is -0.205. The molecule has 0 spiro atoms. The van der Waals surface area contributed by atoms with Gasteiger partial charge in [-0.15, -0.1) is 5.06 Å². The van der Waals surface area contributed by atoms with Gasteiger partial charge in [0.2, 0.25) is 0 Å². The van der Waals surface area contributed by atoms with Crippen molar-refractivity contribution in [2.45, 2.75) is 46.1 Å². The third-order valence-electron chi connectivity index (χ3n) is 7.40. The highest BCUT2D eigenvalue weighted by molar-refractivity contribution is 6.00. The summed E-state index contributed by atoms with van der Waals surface area (Å²) in [6, 6.07) is 15.0. The lowest BCUT2D eigenvalue weighted by Gasteiger charge is -2.32. The molecule has 40 heavy (non-hydrogen) atoms. The topological polar surface area (TPSA) is 115 Å². The van der Waals surface area contributed by atoms with Crippen molar-refractivity contribution in [1.29, 1.82) is 0 Å². The van der Waals surface area contributed by atoms with Crippen molar-refractivity contribution >= 4 is 33.7 Å². The summed E-state index contributed by atoms with van der Waals surface area (Å²) in [5, 5.41) is 8.45. The number of aromatic nitrogens is 5. The van der Waals surface area contributed by atoms with E-state index in [-0.39, 0.29) is 17.8 Å². The number of benzene rings is 2. The van der Waals surface area contributed by atoms with Crippen LogP contribution in [0.25, 0.3) is 33.2 Å². The lowest BCUT2D eigenvalue weighted by atomic mass is 9.98. The summed E-state index contributed by atoms with van der Waals surface area (Å²) in [5.41, 5.74) is 10.6. The van der Waals surface area contributed by atoms with E-state index in [2.05, 4.69) is 21.0 Å². The van der Waals surface area contributed by atoms with Crippen LogP contribution in [0.15, 0.2) is 54.9 Å². The first-order valence-electron chi connectivity index (χ1n) is 13.5. The summed E-state index contributed by atoms with van der Waals surface area (Å²) in [5.74, 6) is -0.0831. The van der Waals surface area contributed by atoms with Crippen molar-refractivity contribution in [3.8, 4) is 11.3 Å². The number of carbonyl (C=O) groups is 1. The van der Waals surface area contributed by atoms with Gasteiger partial charge < -0.3 is 15.6 Å². The SMILES string of the molecule is CC(C)(C)C(=O)ON1CCC(n2nc(-c3ccc4[nH]c(Cc5ccccc5F)cc4c3)c3c(N)ncnc32)CC1. The van der Waals surface area contributed by atoms with Gasteiger partial charge >= 0.3 is 5.97 Å². The second-order valence-corrected chi connectivity index (χ2v) is 11.4. The van der Waals surface area contributed by atoms with Gasteiger partial charge in [0.1, 0.15) is 23.7 Å². The molecule has 0 unspecified atom stereocenters. The number of aromatic amines is 1. The molecule has 206 valence electrons. The number of hydrogen-bond acceptors (Lipinski definition) is 7. The minimum absolute atomic E-state index is 0.0681. The first-order valence-corrected chi connectivity index (χ1v) is 13.5. The number of hydrogen-bond donors (Lipinski definition) is 2. The maximum Gasteiger partial charge on any atom is 0.330 e. The maximum absolute atomic E-state index is 14.2. The zero-order valence-corrected chi connectivity index (χ0v) is 22.8. The quantitative estimate of drug-likeness (QED) is 0.305. The number of rotatable bonds is 5. The fourth-order valence-electron chi connectivity index (χ4n) is 5.17. The van der Waals surface area contributed by atoms with Gasteiger partial charge in [0, 0.05) is 41.7 Å². The highest BCUT2D eigenvalue weighted by Gasteiger charge is 2.30. The second-order valence-electron chi connectivity index (χ2n) is 11.4. The van der Waals surface area contributed by atoms with Crippen molar-refractivity contribution in [2.24, 2.45) is 5.41 Å². The molecule has 4 heterocycles. The van der Waals surface area contributed by atoms with Gasteiger partial charge in [-0.05, 0) is 63.4 Å². The maximum atomic E-state index is 14.2. The molecule has 0 bridgehead atoms. The van der Waals surface area contributed by atoms with E-state index in [0.29, 0.717) is 47.6 Å².